The number of carbonyl (C=O) groups is 4. The van der Waals surface area contributed by atoms with Crippen molar-refractivity contribution in [3.8, 4) is 0 Å². The normalized spacial score (nSPS) is 20.8. The topological polar surface area (TPSA) is 110 Å². The summed E-state index contributed by atoms with van der Waals surface area (Å²) < 4.78 is 0. The van der Waals surface area contributed by atoms with E-state index in [0.717, 1.165) is 44.7 Å². The number of amides is 4. The van der Waals surface area contributed by atoms with Gasteiger partial charge in [0.05, 0.1) is 11.1 Å². The van der Waals surface area contributed by atoms with Crippen molar-refractivity contribution in [1.29, 1.82) is 0 Å². The predicted molar refractivity (Wildman–Crippen MR) is 117 cm³/mol. The molecule has 172 valence electrons. The second-order valence-electron chi connectivity index (χ2n) is 9.00. The van der Waals surface area contributed by atoms with Crippen LogP contribution in [-0.2, 0) is 9.59 Å². The maximum atomic E-state index is 13.0. The SMILES string of the molecule is CC(CCC(=O)NC=O)N1C(=O)c2ccc(N3CCC(N4CC(CO)C4)CC3)cc2C1=O. The van der Waals surface area contributed by atoms with Gasteiger partial charge in [0.2, 0.25) is 12.3 Å². The molecule has 2 saturated heterocycles. The second kappa shape index (κ2) is 9.38. The summed E-state index contributed by atoms with van der Waals surface area (Å²) in [6.45, 7) is 5.72. The summed E-state index contributed by atoms with van der Waals surface area (Å²) in [5.41, 5.74) is 1.75. The summed E-state index contributed by atoms with van der Waals surface area (Å²) in [6.07, 6.45) is 2.75. The van der Waals surface area contributed by atoms with Gasteiger partial charge in [-0.1, -0.05) is 0 Å². The zero-order valence-corrected chi connectivity index (χ0v) is 18.3. The van der Waals surface area contributed by atoms with Gasteiger partial charge in [-0.2, -0.15) is 0 Å². The third-order valence-corrected chi connectivity index (χ3v) is 6.94. The number of benzene rings is 1. The zero-order chi connectivity index (χ0) is 22.8. The van der Waals surface area contributed by atoms with Crippen molar-refractivity contribution in [1.82, 2.24) is 15.1 Å². The van der Waals surface area contributed by atoms with Crippen LogP contribution >= 0.6 is 0 Å². The highest BCUT2D eigenvalue weighted by atomic mass is 16.3. The lowest BCUT2D eigenvalue weighted by Gasteiger charge is -2.47. The molecule has 0 bridgehead atoms. The number of aliphatic hydroxyl groups excluding tert-OH is 1. The lowest BCUT2D eigenvalue weighted by molar-refractivity contribution is -0.125. The minimum Gasteiger partial charge on any atom is -0.396 e. The molecule has 0 radical (unpaired) electrons. The first-order chi connectivity index (χ1) is 15.4. The number of hydrogen-bond acceptors (Lipinski definition) is 7. The van der Waals surface area contributed by atoms with Crippen LogP contribution < -0.4 is 10.2 Å². The van der Waals surface area contributed by atoms with Crippen molar-refractivity contribution in [2.45, 2.75) is 44.7 Å². The van der Waals surface area contributed by atoms with Gasteiger partial charge in [-0.05, 0) is 44.4 Å². The fourth-order valence-electron chi connectivity index (χ4n) is 4.96. The second-order valence-corrected chi connectivity index (χ2v) is 9.00. The fourth-order valence-corrected chi connectivity index (χ4v) is 4.96. The molecule has 3 heterocycles. The zero-order valence-electron chi connectivity index (χ0n) is 18.3. The highest BCUT2D eigenvalue weighted by Crippen LogP contribution is 2.32. The van der Waals surface area contributed by atoms with E-state index in [1.165, 1.54) is 4.90 Å². The van der Waals surface area contributed by atoms with Crippen molar-refractivity contribution in [3.63, 3.8) is 0 Å². The first-order valence-electron chi connectivity index (χ1n) is 11.3. The third-order valence-electron chi connectivity index (χ3n) is 6.94. The molecule has 32 heavy (non-hydrogen) atoms. The van der Waals surface area contributed by atoms with Crippen LogP contribution in [0, 0.1) is 5.92 Å². The predicted octanol–water partition coefficient (Wildman–Crippen LogP) is 0.617. The van der Waals surface area contributed by atoms with Crippen LogP contribution in [0.3, 0.4) is 0 Å². The van der Waals surface area contributed by atoms with E-state index in [1.807, 2.05) is 12.1 Å². The van der Waals surface area contributed by atoms with Crippen molar-refractivity contribution < 1.29 is 24.3 Å². The van der Waals surface area contributed by atoms with Gasteiger partial charge in [0.15, 0.2) is 0 Å². The number of imide groups is 2. The van der Waals surface area contributed by atoms with E-state index in [2.05, 4.69) is 15.1 Å². The van der Waals surface area contributed by atoms with Gasteiger partial charge in [0, 0.05) is 62.9 Å². The molecule has 2 N–H and O–H groups in total. The number of rotatable bonds is 8. The van der Waals surface area contributed by atoms with Gasteiger partial charge < -0.3 is 10.0 Å². The number of likely N-dealkylation sites (tertiary alicyclic amines) is 1. The molecule has 0 aromatic heterocycles. The Morgan fingerprint density at radius 3 is 2.53 bits per heavy atom. The largest absolute Gasteiger partial charge is 0.396 e. The number of piperidine rings is 1. The summed E-state index contributed by atoms with van der Waals surface area (Å²) in [6, 6.07) is 5.54. The Hall–Kier alpha value is -2.78. The smallest absolute Gasteiger partial charge is 0.261 e. The Balaban J connectivity index is 1.37. The number of carbonyl (C=O) groups excluding carboxylic acids is 4. The van der Waals surface area contributed by atoms with E-state index in [4.69, 9.17) is 0 Å². The van der Waals surface area contributed by atoms with Gasteiger partial charge in [0.25, 0.3) is 11.8 Å². The Morgan fingerprint density at radius 1 is 1.19 bits per heavy atom. The Morgan fingerprint density at radius 2 is 1.88 bits per heavy atom. The van der Waals surface area contributed by atoms with E-state index >= 15 is 0 Å². The first kappa shape index (κ1) is 22.4. The first-order valence-corrected chi connectivity index (χ1v) is 11.3. The summed E-state index contributed by atoms with van der Waals surface area (Å²) in [5, 5.41) is 11.3. The molecule has 1 aromatic carbocycles. The maximum absolute atomic E-state index is 13.0. The highest BCUT2D eigenvalue weighted by Gasteiger charge is 2.39. The minimum absolute atomic E-state index is 0.0591. The molecule has 4 rings (SSSR count). The van der Waals surface area contributed by atoms with E-state index < -0.39 is 11.9 Å². The van der Waals surface area contributed by atoms with Gasteiger partial charge in [-0.15, -0.1) is 0 Å². The molecule has 9 heteroatoms. The van der Waals surface area contributed by atoms with Crippen molar-refractivity contribution in [3.05, 3.63) is 29.3 Å². The average Bonchev–Trinajstić information content (AvgIpc) is 3.02. The molecule has 2 fully saturated rings. The van der Waals surface area contributed by atoms with Crippen LogP contribution in [0.5, 0.6) is 0 Å². The van der Waals surface area contributed by atoms with Crippen molar-refractivity contribution in [2.24, 2.45) is 5.92 Å². The number of nitrogens with zero attached hydrogens (tertiary/aromatic N) is 3. The Kier molecular flexibility index (Phi) is 6.57. The molecular formula is C23H30N4O5. The third kappa shape index (κ3) is 4.27. The van der Waals surface area contributed by atoms with Crippen LogP contribution in [-0.4, -0.2) is 83.9 Å². The minimum atomic E-state index is -0.446. The molecule has 9 nitrogen and oxygen atoms in total. The van der Waals surface area contributed by atoms with E-state index in [9.17, 15) is 24.3 Å². The van der Waals surface area contributed by atoms with Crippen LogP contribution in [0.2, 0.25) is 0 Å². The van der Waals surface area contributed by atoms with Crippen molar-refractivity contribution in [2.75, 3.05) is 37.7 Å². The summed E-state index contributed by atoms with van der Waals surface area (Å²) in [7, 11) is 0. The van der Waals surface area contributed by atoms with Gasteiger partial charge in [0.1, 0.15) is 0 Å². The maximum Gasteiger partial charge on any atom is 0.261 e. The standard InChI is InChI=1S/C23H30N4O5/c1-15(2-5-21(30)24-14-29)27-22(31)19-4-3-18(10-20(19)23(27)32)25-8-6-17(7-9-25)26-11-16(12-26)13-28/h3-4,10,14-17,28H,2,5-9,11-13H2,1H3,(H,24,29,30). The number of nitrogens with one attached hydrogen (secondary N) is 1. The van der Waals surface area contributed by atoms with Crippen LogP contribution in [0.25, 0.3) is 0 Å². The lowest BCUT2D eigenvalue weighted by atomic mass is 9.93. The molecule has 0 aliphatic carbocycles. The highest BCUT2D eigenvalue weighted by molar-refractivity contribution is 6.22. The molecule has 3 aliphatic heterocycles. The lowest BCUT2D eigenvalue weighted by Crippen LogP contribution is -2.56. The van der Waals surface area contributed by atoms with Gasteiger partial charge >= 0.3 is 0 Å². The van der Waals surface area contributed by atoms with E-state index in [0.29, 0.717) is 35.9 Å². The van der Waals surface area contributed by atoms with Gasteiger partial charge in [-0.25, -0.2) is 0 Å². The Labute approximate surface area is 187 Å². The van der Waals surface area contributed by atoms with Crippen LogP contribution in [0.15, 0.2) is 18.2 Å². The molecule has 1 aromatic rings. The number of anilines is 1. The average molecular weight is 443 g/mol. The van der Waals surface area contributed by atoms with E-state index in [-0.39, 0.29) is 24.8 Å². The van der Waals surface area contributed by atoms with Crippen LogP contribution in [0.1, 0.15) is 53.3 Å². The summed E-state index contributed by atoms with van der Waals surface area (Å²) >= 11 is 0. The van der Waals surface area contributed by atoms with E-state index in [1.54, 1.807) is 13.0 Å². The summed E-state index contributed by atoms with van der Waals surface area (Å²) in [5.74, 6) is -0.687. The fraction of sp³-hybridized carbons (Fsp3) is 0.565. The monoisotopic (exact) mass is 442 g/mol. The molecular weight excluding hydrogens is 412 g/mol. The Bertz CT molecular complexity index is 906. The molecule has 0 spiro atoms. The molecule has 3 aliphatic rings. The van der Waals surface area contributed by atoms with Crippen molar-refractivity contribution >= 4 is 29.8 Å². The molecule has 1 unspecified atom stereocenters. The molecule has 4 amide bonds. The quantitative estimate of drug-likeness (QED) is 0.449. The molecule has 0 saturated carbocycles. The number of fused-ring (bicyclic) bond motifs is 1. The van der Waals surface area contributed by atoms with Crippen LogP contribution in [0.4, 0.5) is 5.69 Å². The number of hydrogen-bond donors (Lipinski definition) is 2. The summed E-state index contributed by atoms with van der Waals surface area (Å²) in [4.78, 5) is 53.6. The molecule has 1 atom stereocenters. The van der Waals surface area contributed by atoms with Gasteiger partial charge in [-0.3, -0.25) is 34.3 Å². The number of aliphatic hydroxyl groups is 1.